The molecule has 5 nitrogen and oxygen atoms in total. The summed E-state index contributed by atoms with van der Waals surface area (Å²) in [5.41, 5.74) is 0. The maximum absolute atomic E-state index is 5.11. The maximum atomic E-state index is 5.11. The predicted octanol–water partition coefficient (Wildman–Crippen LogP) is 0.378. The van der Waals surface area contributed by atoms with Crippen LogP contribution in [0.3, 0.4) is 0 Å². The molecule has 0 atom stereocenters. The number of hydrogen-bond acceptors (Lipinski definition) is 6. The molecule has 0 aliphatic carbocycles. The number of ether oxygens (including phenoxy) is 1. The third-order valence-electron chi connectivity index (χ3n) is 2.05. The van der Waals surface area contributed by atoms with E-state index >= 15 is 0 Å². The third-order valence-corrected chi connectivity index (χ3v) is 2.55. The van der Waals surface area contributed by atoms with Gasteiger partial charge in [-0.25, -0.2) is 0 Å². The van der Waals surface area contributed by atoms with E-state index in [1.165, 1.54) is 11.7 Å². The number of halogens is 1. The fourth-order valence-corrected chi connectivity index (χ4v) is 1.92. The maximum Gasteiger partial charge on any atom is 0.270 e. The van der Waals surface area contributed by atoms with Gasteiger partial charge >= 0.3 is 0 Å². The molecule has 0 amide bonds. The summed E-state index contributed by atoms with van der Waals surface area (Å²) in [4.78, 5) is 2.19. The number of anilines is 1. The Morgan fingerprint density at radius 3 is 2.71 bits per heavy atom. The number of aromatic nitrogens is 2. The first kappa shape index (κ1) is 11.5. The monoisotopic (exact) mass is 236 g/mol. The van der Waals surface area contributed by atoms with Crippen LogP contribution in [0.5, 0.6) is 5.88 Å². The van der Waals surface area contributed by atoms with E-state index in [1.807, 2.05) is 0 Å². The largest absolute Gasteiger partial charge is 0.478 e. The van der Waals surface area contributed by atoms with E-state index in [4.69, 9.17) is 4.74 Å². The van der Waals surface area contributed by atoms with Crippen molar-refractivity contribution in [2.24, 2.45) is 0 Å². The van der Waals surface area contributed by atoms with Crippen molar-refractivity contribution in [1.82, 2.24) is 14.1 Å². The number of methoxy groups -OCH3 is 1. The SMILES string of the molecule is COc1nsnc1N1CCNCC1.Cl. The quantitative estimate of drug-likeness (QED) is 0.805. The van der Waals surface area contributed by atoms with Crippen LogP contribution in [0.1, 0.15) is 0 Å². The minimum absolute atomic E-state index is 0. The van der Waals surface area contributed by atoms with Crippen LogP contribution in [-0.4, -0.2) is 42.0 Å². The van der Waals surface area contributed by atoms with Crippen LogP contribution in [0.25, 0.3) is 0 Å². The summed E-state index contributed by atoms with van der Waals surface area (Å²) >= 11 is 1.20. The van der Waals surface area contributed by atoms with Gasteiger partial charge in [0.2, 0.25) is 5.82 Å². The molecule has 0 spiro atoms. The lowest BCUT2D eigenvalue weighted by Crippen LogP contribution is -2.43. The molecule has 1 aliphatic heterocycles. The zero-order valence-corrected chi connectivity index (χ0v) is 9.53. The van der Waals surface area contributed by atoms with Gasteiger partial charge in [-0.2, -0.15) is 4.37 Å². The number of nitrogens with one attached hydrogen (secondary N) is 1. The molecule has 1 aliphatic rings. The van der Waals surface area contributed by atoms with Gasteiger partial charge in [-0.3, -0.25) is 0 Å². The lowest BCUT2D eigenvalue weighted by atomic mass is 10.4. The van der Waals surface area contributed by atoms with Gasteiger partial charge in [0.05, 0.1) is 18.8 Å². The topological polar surface area (TPSA) is 50.3 Å². The molecule has 0 unspecified atom stereocenters. The van der Waals surface area contributed by atoms with Crippen molar-refractivity contribution in [1.29, 1.82) is 0 Å². The molecule has 1 aromatic rings. The highest BCUT2D eigenvalue weighted by atomic mass is 35.5. The molecule has 0 aromatic carbocycles. The van der Waals surface area contributed by atoms with Crippen LogP contribution < -0.4 is 15.0 Å². The molecule has 1 N–H and O–H groups in total. The van der Waals surface area contributed by atoms with Crippen molar-refractivity contribution in [2.45, 2.75) is 0 Å². The van der Waals surface area contributed by atoms with E-state index in [9.17, 15) is 0 Å². The molecule has 7 heteroatoms. The highest BCUT2D eigenvalue weighted by Crippen LogP contribution is 2.24. The second-order valence-corrected chi connectivity index (χ2v) is 3.36. The van der Waals surface area contributed by atoms with Gasteiger partial charge in [-0.15, -0.1) is 16.8 Å². The summed E-state index contributed by atoms with van der Waals surface area (Å²) < 4.78 is 13.4. The zero-order valence-electron chi connectivity index (χ0n) is 7.89. The minimum atomic E-state index is 0. The fraction of sp³-hybridized carbons (Fsp3) is 0.714. The molecule has 2 heterocycles. The summed E-state index contributed by atoms with van der Waals surface area (Å²) in [5.74, 6) is 1.53. The average Bonchev–Trinajstić information content (AvgIpc) is 2.67. The number of nitrogens with zero attached hydrogens (tertiary/aromatic N) is 3. The fourth-order valence-electron chi connectivity index (χ4n) is 1.37. The van der Waals surface area contributed by atoms with Crippen molar-refractivity contribution in [3.05, 3.63) is 0 Å². The molecule has 80 valence electrons. The Balaban J connectivity index is 0.000000980. The molecule has 1 saturated heterocycles. The summed E-state index contributed by atoms with van der Waals surface area (Å²) in [6.07, 6.45) is 0. The highest BCUT2D eigenvalue weighted by Gasteiger charge is 2.18. The van der Waals surface area contributed by atoms with Gasteiger partial charge in [-0.1, -0.05) is 0 Å². The zero-order chi connectivity index (χ0) is 9.10. The molecule has 1 aromatic heterocycles. The van der Waals surface area contributed by atoms with E-state index in [1.54, 1.807) is 7.11 Å². The first-order valence-electron chi connectivity index (χ1n) is 4.24. The summed E-state index contributed by atoms with van der Waals surface area (Å²) in [7, 11) is 1.63. The Hall–Kier alpha value is -0.590. The summed E-state index contributed by atoms with van der Waals surface area (Å²) in [5, 5.41) is 3.29. The Morgan fingerprint density at radius 2 is 2.07 bits per heavy atom. The molecule has 14 heavy (non-hydrogen) atoms. The van der Waals surface area contributed by atoms with E-state index in [-0.39, 0.29) is 12.4 Å². The van der Waals surface area contributed by atoms with Gasteiger partial charge < -0.3 is 15.0 Å². The first-order chi connectivity index (χ1) is 6.42. The average molecular weight is 237 g/mol. The molecular formula is C7H13ClN4OS. The van der Waals surface area contributed by atoms with Gasteiger partial charge in [0.1, 0.15) is 0 Å². The van der Waals surface area contributed by atoms with E-state index in [0.29, 0.717) is 5.88 Å². The van der Waals surface area contributed by atoms with Crippen LogP contribution >= 0.6 is 24.1 Å². The number of rotatable bonds is 2. The first-order valence-corrected chi connectivity index (χ1v) is 4.97. The molecule has 1 fully saturated rings. The van der Waals surface area contributed by atoms with Crippen LogP contribution in [0, 0.1) is 0 Å². The highest BCUT2D eigenvalue weighted by molar-refractivity contribution is 6.99. The van der Waals surface area contributed by atoms with Crippen molar-refractivity contribution < 1.29 is 4.74 Å². The van der Waals surface area contributed by atoms with Crippen molar-refractivity contribution in [2.75, 3.05) is 38.2 Å². The van der Waals surface area contributed by atoms with E-state index in [0.717, 1.165) is 32.0 Å². The third kappa shape index (κ3) is 2.26. The molecule has 0 bridgehead atoms. The van der Waals surface area contributed by atoms with Crippen LogP contribution in [-0.2, 0) is 0 Å². The van der Waals surface area contributed by atoms with Gasteiger partial charge in [0.25, 0.3) is 5.88 Å². The molecule has 0 saturated carbocycles. The Bertz CT molecular complexity index is 276. The molecule has 2 rings (SSSR count). The second-order valence-electron chi connectivity index (χ2n) is 2.83. The lowest BCUT2D eigenvalue weighted by Gasteiger charge is -2.27. The Morgan fingerprint density at radius 1 is 1.36 bits per heavy atom. The Kier molecular flexibility index (Phi) is 4.37. The van der Waals surface area contributed by atoms with Gasteiger partial charge in [0.15, 0.2) is 0 Å². The number of piperazine rings is 1. The van der Waals surface area contributed by atoms with E-state index in [2.05, 4.69) is 19.0 Å². The van der Waals surface area contributed by atoms with Crippen LogP contribution in [0.15, 0.2) is 0 Å². The van der Waals surface area contributed by atoms with Gasteiger partial charge in [0, 0.05) is 26.2 Å². The smallest absolute Gasteiger partial charge is 0.270 e. The summed E-state index contributed by atoms with van der Waals surface area (Å²) in [6.45, 7) is 3.95. The van der Waals surface area contributed by atoms with Crippen LogP contribution in [0.2, 0.25) is 0 Å². The van der Waals surface area contributed by atoms with Crippen molar-refractivity contribution >= 4 is 30.0 Å². The van der Waals surface area contributed by atoms with Crippen LogP contribution in [0.4, 0.5) is 5.82 Å². The minimum Gasteiger partial charge on any atom is -0.478 e. The predicted molar refractivity (Wildman–Crippen MR) is 58.8 cm³/mol. The normalized spacial score (nSPS) is 16.2. The molecular weight excluding hydrogens is 224 g/mol. The summed E-state index contributed by atoms with van der Waals surface area (Å²) in [6, 6.07) is 0. The van der Waals surface area contributed by atoms with Crippen molar-refractivity contribution in [3.8, 4) is 5.88 Å². The second kappa shape index (κ2) is 5.33. The van der Waals surface area contributed by atoms with Crippen molar-refractivity contribution in [3.63, 3.8) is 0 Å². The molecule has 0 radical (unpaired) electrons. The Labute approximate surface area is 93.2 Å². The standard InChI is InChI=1S/C7H12N4OS.ClH/c1-12-7-6(9-13-10-7)11-4-2-8-3-5-11;/h8H,2-5H2,1H3;1H. The van der Waals surface area contributed by atoms with E-state index < -0.39 is 0 Å². The lowest BCUT2D eigenvalue weighted by molar-refractivity contribution is 0.400. The van der Waals surface area contributed by atoms with Gasteiger partial charge in [-0.05, 0) is 0 Å². The number of hydrogen-bond donors (Lipinski definition) is 1.